The highest BCUT2D eigenvalue weighted by Gasteiger charge is 2.30. The minimum atomic E-state index is -0.117. The maximum atomic E-state index is 6.11. The van der Waals surface area contributed by atoms with Gasteiger partial charge in [0.15, 0.2) is 18.9 Å². The van der Waals surface area contributed by atoms with Crippen molar-refractivity contribution in [2.24, 2.45) is 0 Å². The minimum Gasteiger partial charge on any atom is -0.460 e. The minimum absolute atomic E-state index is 0.0113. The van der Waals surface area contributed by atoms with E-state index in [0.29, 0.717) is 0 Å². The molecular weight excluding hydrogens is 322 g/mol. The molecule has 3 heterocycles. The fourth-order valence-electron chi connectivity index (χ4n) is 3.35. The molecule has 0 aliphatic rings. The predicted octanol–water partition coefficient (Wildman–Crippen LogP) is 5.74. The third-order valence-electron chi connectivity index (χ3n) is 4.92. The molecule has 4 aromatic rings. The zero-order chi connectivity index (χ0) is 18.5. The fraction of sp³-hybridized carbons (Fsp3) is 0.348. The number of para-hydroxylation sites is 1. The lowest BCUT2D eigenvalue weighted by molar-refractivity contribution is -0.703. The average molecular weight is 348 g/mol. The number of hydrogen-bond acceptors (Lipinski definition) is 2. The Labute approximate surface area is 154 Å². The van der Waals surface area contributed by atoms with Gasteiger partial charge in [0.25, 0.3) is 0 Å². The summed E-state index contributed by atoms with van der Waals surface area (Å²) in [4.78, 5) is 0. The van der Waals surface area contributed by atoms with Gasteiger partial charge in [0.2, 0.25) is 0 Å². The summed E-state index contributed by atoms with van der Waals surface area (Å²) >= 11 is 0. The number of pyridine rings is 1. The number of furan rings is 2. The van der Waals surface area contributed by atoms with Crippen LogP contribution in [0.25, 0.3) is 21.9 Å². The maximum absolute atomic E-state index is 6.11. The van der Waals surface area contributed by atoms with Crippen molar-refractivity contribution in [1.82, 2.24) is 0 Å². The van der Waals surface area contributed by atoms with Gasteiger partial charge >= 0.3 is 0 Å². The van der Waals surface area contributed by atoms with Crippen LogP contribution in [-0.4, -0.2) is 0 Å². The van der Waals surface area contributed by atoms with Gasteiger partial charge in [-0.05, 0) is 32.0 Å². The SMILES string of the molecule is CC(C)(C)c1cc2c[n+](CC(C)(C)c3cc4ccccc4o3)ccc2o1. The van der Waals surface area contributed by atoms with Gasteiger partial charge < -0.3 is 8.83 Å². The van der Waals surface area contributed by atoms with Crippen LogP contribution in [0.2, 0.25) is 0 Å². The van der Waals surface area contributed by atoms with Gasteiger partial charge in [0.1, 0.15) is 22.7 Å². The van der Waals surface area contributed by atoms with E-state index in [1.807, 2.05) is 18.2 Å². The summed E-state index contributed by atoms with van der Waals surface area (Å²) in [5.74, 6) is 2.02. The number of nitrogens with zero attached hydrogens (tertiary/aromatic N) is 1. The van der Waals surface area contributed by atoms with Crippen LogP contribution in [0.15, 0.2) is 63.7 Å². The molecular formula is C23H26NO2+. The standard InChI is InChI=1S/C23H26NO2/c1-22(2,3)20-13-17-14-24(11-10-19(17)25-20)15-23(4,5)21-12-16-8-6-7-9-18(16)26-21/h6-14H,15H2,1-5H3/q+1. The molecule has 0 bridgehead atoms. The Morgan fingerprint density at radius 2 is 1.46 bits per heavy atom. The molecule has 1 aromatic carbocycles. The largest absolute Gasteiger partial charge is 0.460 e. The number of benzene rings is 1. The lowest BCUT2D eigenvalue weighted by atomic mass is 9.90. The van der Waals surface area contributed by atoms with E-state index in [2.05, 4.69) is 75.8 Å². The summed E-state index contributed by atoms with van der Waals surface area (Å²) in [7, 11) is 0. The molecule has 3 nitrogen and oxygen atoms in total. The Morgan fingerprint density at radius 3 is 2.19 bits per heavy atom. The molecule has 0 saturated heterocycles. The first-order chi connectivity index (χ1) is 12.2. The van der Waals surface area contributed by atoms with Crippen LogP contribution in [0.4, 0.5) is 0 Å². The van der Waals surface area contributed by atoms with Crippen LogP contribution in [0.1, 0.15) is 46.1 Å². The van der Waals surface area contributed by atoms with Crippen LogP contribution >= 0.6 is 0 Å². The Bertz CT molecular complexity index is 1040. The predicted molar refractivity (Wildman–Crippen MR) is 104 cm³/mol. The van der Waals surface area contributed by atoms with Gasteiger partial charge in [-0.1, -0.05) is 39.0 Å². The lowest BCUT2D eigenvalue weighted by Crippen LogP contribution is -2.42. The molecule has 0 saturated carbocycles. The van der Waals surface area contributed by atoms with Crippen molar-refractivity contribution in [2.75, 3.05) is 0 Å². The molecule has 0 radical (unpaired) electrons. The highest BCUT2D eigenvalue weighted by Crippen LogP contribution is 2.31. The van der Waals surface area contributed by atoms with Crippen LogP contribution in [0.3, 0.4) is 0 Å². The number of aromatic nitrogens is 1. The quantitative estimate of drug-likeness (QED) is 0.442. The van der Waals surface area contributed by atoms with E-state index in [9.17, 15) is 0 Å². The van der Waals surface area contributed by atoms with Gasteiger partial charge in [-0.2, -0.15) is 0 Å². The van der Waals surface area contributed by atoms with Crippen molar-refractivity contribution in [3.8, 4) is 0 Å². The summed E-state index contributed by atoms with van der Waals surface area (Å²) in [5.41, 5.74) is 1.78. The van der Waals surface area contributed by atoms with E-state index in [1.54, 1.807) is 0 Å². The van der Waals surface area contributed by atoms with Crippen molar-refractivity contribution in [3.05, 3.63) is 66.4 Å². The molecule has 0 unspecified atom stereocenters. The van der Waals surface area contributed by atoms with E-state index in [1.165, 1.54) is 0 Å². The number of rotatable bonds is 3. The first-order valence-corrected chi connectivity index (χ1v) is 9.15. The van der Waals surface area contributed by atoms with Gasteiger partial charge in [0.05, 0.1) is 10.8 Å². The van der Waals surface area contributed by atoms with Gasteiger partial charge in [0, 0.05) is 16.9 Å². The molecule has 4 rings (SSSR count). The maximum Gasteiger partial charge on any atom is 0.179 e. The number of hydrogen-bond donors (Lipinski definition) is 0. The summed E-state index contributed by atoms with van der Waals surface area (Å²) in [6.07, 6.45) is 4.25. The van der Waals surface area contributed by atoms with E-state index in [4.69, 9.17) is 8.83 Å². The topological polar surface area (TPSA) is 30.2 Å². The third-order valence-corrected chi connectivity index (χ3v) is 4.92. The Balaban J connectivity index is 1.66. The molecule has 0 spiro atoms. The molecule has 0 aliphatic heterocycles. The van der Waals surface area contributed by atoms with E-state index < -0.39 is 0 Å². The molecule has 0 fully saturated rings. The van der Waals surface area contributed by atoms with E-state index in [-0.39, 0.29) is 10.8 Å². The molecule has 0 amide bonds. The Kier molecular flexibility index (Phi) is 3.72. The van der Waals surface area contributed by atoms with Crippen LogP contribution < -0.4 is 4.57 Å². The van der Waals surface area contributed by atoms with Crippen LogP contribution in [0.5, 0.6) is 0 Å². The van der Waals surface area contributed by atoms with Crippen molar-refractivity contribution in [3.63, 3.8) is 0 Å². The second-order valence-electron chi connectivity index (χ2n) is 8.83. The highest BCUT2D eigenvalue weighted by atomic mass is 16.3. The smallest absolute Gasteiger partial charge is 0.179 e. The average Bonchev–Trinajstić information content (AvgIpc) is 3.18. The normalized spacial score (nSPS) is 13.0. The summed E-state index contributed by atoms with van der Waals surface area (Å²) in [6, 6.07) is 14.5. The van der Waals surface area contributed by atoms with E-state index >= 15 is 0 Å². The molecule has 0 atom stereocenters. The second kappa shape index (κ2) is 5.73. The molecule has 0 N–H and O–H groups in total. The Hall–Kier alpha value is -2.55. The lowest BCUT2D eigenvalue weighted by Gasteiger charge is -2.17. The highest BCUT2D eigenvalue weighted by molar-refractivity contribution is 5.78. The summed E-state index contributed by atoms with van der Waals surface area (Å²) in [6.45, 7) is 11.8. The monoisotopic (exact) mass is 348 g/mol. The Morgan fingerprint density at radius 1 is 0.808 bits per heavy atom. The number of fused-ring (bicyclic) bond motifs is 2. The molecule has 3 aromatic heterocycles. The van der Waals surface area contributed by atoms with Gasteiger partial charge in [-0.15, -0.1) is 0 Å². The van der Waals surface area contributed by atoms with Crippen LogP contribution in [-0.2, 0) is 17.4 Å². The van der Waals surface area contributed by atoms with Crippen molar-refractivity contribution in [2.45, 2.75) is 52.0 Å². The third kappa shape index (κ3) is 3.03. The molecule has 134 valence electrons. The van der Waals surface area contributed by atoms with Gasteiger partial charge in [-0.25, -0.2) is 4.57 Å². The van der Waals surface area contributed by atoms with Crippen molar-refractivity contribution >= 4 is 21.9 Å². The first-order valence-electron chi connectivity index (χ1n) is 9.15. The second-order valence-corrected chi connectivity index (χ2v) is 8.83. The van der Waals surface area contributed by atoms with Crippen molar-refractivity contribution < 1.29 is 13.4 Å². The summed E-state index contributed by atoms with van der Waals surface area (Å²) in [5, 5.41) is 2.29. The van der Waals surface area contributed by atoms with Gasteiger partial charge in [-0.3, -0.25) is 0 Å². The first kappa shape index (κ1) is 16.9. The zero-order valence-electron chi connectivity index (χ0n) is 16.2. The molecule has 3 heteroatoms. The molecule has 0 aliphatic carbocycles. The fourth-order valence-corrected chi connectivity index (χ4v) is 3.35. The zero-order valence-corrected chi connectivity index (χ0v) is 16.2. The van der Waals surface area contributed by atoms with Crippen molar-refractivity contribution in [1.29, 1.82) is 0 Å². The summed E-state index contributed by atoms with van der Waals surface area (Å²) < 4.78 is 14.3. The van der Waals surface area contributed by atoms with E-state index in [0.717, 1.165) is 40.0 Å². The molecule has 26 heavy (non-hydrogen) atoms. The van der Waals surface area contributed by atoms with Crippen LogP contribution in [0, 0.1) is 0 Å².